The molecule has 2 aromatic heterocycles. The molecule has 4 aromatic rings. The van der Waals surface area contributed by atoms with Crippen LogP contribution in [0, 0.1) is 20.8 Å². The van der Waals surface area contributed by atoms with Gasteiger partial charge < -0.3 is 5.32 Å². The molecule has 0 aliphatic rings. The summed E-state index contributed by atoms with van der Waals surface area (Å²) in [5.74, 6) is 0.844. The Morgan fingerprint density at radius 3 is 2.69 bits per heavy atom. The van der Waals surface area contributed by atoms with Gasteiger partial charge >= 0.3 is 0 Å². The number of rotatable bonds is 7. The maximum atomic E-state index is 12.6. The monoisotopic (exact) mass is 466 g/mol. The molecular formula is C21H22N8OS2. The number of aryl methyl sites for hydroxylation is 3. The van der Waals surface area contributed by atoms with E-state index in [0.717, 1.165) is 28.3 Å². The number of hydrogen-bond acceptors (Lipinski definition) is 8. The van der Waals surface area contributed by atoms with Crippen LogP contribution in [0.1, 0.15) is 17.0 Å². The average Bonchev–Trinajstić information content (AvgIpc) is 3.40. The zero-order chi connectivity index (χ0) is 22.7. The molecule has 0 saturated carbocycles. The number of thioether (sulfide) groups is 2. The number of aromatic nitrogens is 7. The predicted molar refractivity (Wildman–Crippen MR) is 126 cm³/mol. The van der Waals surface area contributed by atoms with Gasteiger partial charge in [-0.05, 0) is 72.8 Å². The maximum Gasteiger partial charge on any atom is 0.234 e. The van der Waals surface area contributed by atoms with Crippen LogP contribution in [-0.4, -0.2) is 52.9 Å². The highest BCUT2D eigenvalue weighted by atomic mass is 32.2. The second kappa shape index (κ2) is 9.53. The Kier molecular flexibility index (Phi) is 6.56. The summed E-state index contributed by atoms with van der Waals surface area (Å²) < 4.78 is 3.62. The number of anilines is 1. The zero-order valence-electron chi connectivity index (χ0n) is 18.1. The third-order valence-corrected chi connectivity index (χ3v) is 6.28. The van der Waals surface area contributed by atoms with E-state index in [1.165, 1.54) is 23.5 Å². The molecule has 0 unspecified atom stereocenters. The van der Waals surface area contributed by atoms with Gasteiger partial charge in [0.25, 0.3) is 0 Å². The van der Waals surface area contributed by atoms with Crippen molar-refractivity contribution in [1.82, 2.24) is 35.0 Å². The topological polar surface area (TPSA) is 103 Å². The minimum Gasteiger partial charge on any atom is -0.325 e. The van der Waals surface area contributed by atoms with Gasteiger partial charge in [-0.3, -0.25) is 9.36 Å². The van der Waals surface area contributed by atoms with E-state index in [9.17, 15) is 4.79 Å². The normalized spacial score (nSPS) is 11.0. The lowest BCUT2D eigenvalue weighted by Gasteiger charge is -2.12. The zero-order valence-corrected chi connectivity index (χ0v) is 19.7. The number of amides is 1. The quantitative estimate of drug-likeness (QED) is 0.412. The van der Waals surface area contributed by atoms with E-state index < -0.39 is 0 Å². The Morgan fingerprint density at radius 1 is 1.03 bits per heavy atom. The third-order valence-electron chi connectivity index (χ3n) is 4.73. The summed E-state index contributed by atoms with van der Waals surface area (Å²) in [6.07, 6.45) is 1.91. The lowest BCUT2D eigenvalue weighted by molar-refractivity contribution is -0.113. The second-order valence-corrected chi connectivity index (χ2v) is 8.84. The number of nitrogens with zero attached hydrogens (tertiary/aromatic N) is 7. The molecule has 0 atom stereocenters. The van der Waals surface area contributed by atoms with Gasteiger partial charge in [0.2, 0.25) is 11.1 Å². The highest BCUT2D eigenvalue weighted by molar-refractivity contribution is 7.99. The highest BCUT2D eigenvalue weighted by Gasteiger charge is 2.15. The minimum absolute atomic E-state index is 0.137. The van der Waals surface area contributed by atoms with Crippen molar-refractivity contribution in [2.75, 3.05) is 17.3 Å². The molecule has 0 fully saturated rings. The molecule has 2 heterocycles. The summed E-state index contributed by atoms with van der Waals surface area (Å²) in [7, 11) is 0. The van der Waals surface area contributed by atoms with Crippen LogP contribution >= 0.6 is 23.5 Å². The molecule has 0 saturated heterocycles. The van der Waals surface area contributed by atoms with Crippen LogP contribution in [0.3, 0.4) is 0 Å². The molecule has 1 N–H and O–H groups in total. The SMILES string of the molecule is CSc1nnnn1-c1cccc(NC(=O)CSc2nnc(C)n2-c2cc(C)ccc2C)c1. The van der Waals surface area contributed by atoms with Gasteiger partial charge in [-0.25, -0.2) is 0 Å². The lowest BCUT2D eigenvalue weighted by Crippen LogP contribution is -2.15. The molecule has 1 amide bonds. The van der Waals surface area contributed by atoms with Crippen LogP contribution in [0.4, 0.5) is 5.69 Å². The largest absolute Gasteiger partial charge is 0.325 e. The van der Waals surface area contributed by atoms with Gasteiger partial charge in [0.1, 0.15) is 5.82 Å². The van der Waals surface area contributed by atoms with Crippen LogP contribution in [0.15, 0.2) is 52.8 Å². The van der Waals surface area contributed by atoms with Gasteiger partial charge in [-0.2, -0.15) is 4.68 Å². The van der Waals surface area contributed by atoms with Crippen molar-refractivity contribution in [1.29, 1.82) is 0 Å². The van der Waals surface area contributed by atoms with Crippen molar-refractivity contribution >= 4 is 35.1 Å². The van der Waals surface area contributed by atoms with E-state index in [2.05, 4.69) is 63.1 Å². The molecule has 9 nitrogen and oxygen atoms in total. The number of carbonyl (C=O) groups is 1. The molecular weight excluding hydrogens is 444 g/mol. The fourth-order valence-electron chi connectivity index (χ4n) is 3.18. The molecule has 0 aliphatic carbocycles. The first-order valence-electron chi connectivity index (χ1n) is 9.81. The Labute approximate surface area is 194 Å². The van der Waals surface area contributed by atoms with Crippen LogP contribution in [-0.2, 0) is 4.79 Å². The Balaban J connectivity index is 1.47. The fourth-order valence-corrected chi connectivity index (χ4v) is 4.41. The summed E-state index contributed by atoms with van der Waals surface area (Å²) in [6, 6.07) is 13.7. The molecule has 0 spiro atoms. The number of tetrazole rings is 1. The third kappa shape index (κ3) is 4.68. The van der Waals surface area contributed by atoms with Gasteiger partial charge in [0, 0.05) is 5.69 Å². The van der Waals surface area contributed by atoms with E-state index in [4.69, 9.17) is 0 Å². The predicted octanol–water partition coefficient (Wildman–Crippen LogP) is 3.62. The Morgan fingerprint density at radius 2 is 1.88 bits per heavy atom. The van der Waals surface area contributed by atoms with E-state index >= 15 is 0 Å². The smallest absolute Gasteiger partial charge is 0.234 e. The van der Waals surface area contributed by atoms with Gasteiger partial charge in [0.05, 0.1) is 17.1 Å². The summed E-state index contributed by atoms with van der Waals surface area (Å²) in [5.41, 5.74) is 4.74. The molecule has 32 heavy (non-hydrogen) atoms. The first kappa shape index (κ1) is 22.0. The van der Waals surface area contributed by atoms with Crippen molar-refractivity contribution in [3.8, 4) is 11.4 Å². The Bertz CT molecular complexity index is 1270. The molecule has 4 rings (SSSR count). The minimum atomic E-state index is -0.137. The summed E-state index contributed by atoms with van der Waals surface area (Å²) in [4.78, 5) is 12.6. The van der Waals surface area contributed by atoms with Crippen LogP contribution < -0.4 is 5.32 Å². The highest BCUT2D eigenvalue weighted by Crippen LogP contribution is 2.25. The average molecular weight is 467 g/mol. The van der Waals surface area contributed by atoms with Gasteiger partial charge in [-0.15, -0.1) is 15.3 Å². The van der Waals surface area contributed by atoms with Crippen molar-refractivity contribution in [3.05, 3.63) is 59.4 Å². The van der Waals surface area contributed by atoms with Crippen molar-refractivity contribution in [2.45, 2.75) is 31.1 Å². The molecule has 0 radical (unpaired) electrons. The lowest BCUT2D eigenvalue weighted by atomic mass is 10.1. The van der Waals surface area contributed by atoms with Crippen LogP contribution in [0.2, 0.25) is 0 Å². The maximum absolute atomic E-state index is 12.6. The number of hydrogen-bond donors (Lipinski definition) is 1. The van der Waals surface area contributed by atoms with Gasteiger partial charge in [-0.1, -0.05) is 41.7 Å². The van der Waals surface area contributed by atoms with E-state index in [1.54, 1.807) is 4.68 Å². The summed E-state index contributed by atoms with van der Waals surface area (Å²) >= 11 is 2.80. The molecule has 0 bridgehead atoms. The van der Waals surface area contributed by atoms with E-state index in [-0.39, 0.29) is 11.7 Å². The number of carbonyl (C=O) groups excluding carboxylic acids is 1. The van der Waals surface area contributed by atoms with Crippen molar-refractivity contribution in [2.24, 2.45) is 0 Å². The fraction of sp³-hybridized carbons (Fsp3) is 0.238. The summed E-state index contributed by atoms with van der Waals surface area (Å²) in [6.45, 7) is 6.01. The van der Waals surface area contributed by atoms with E-state index in [1.807, 2.05) is 42.0 Å². The first-order valence-corrected chi connectivity index (χ1v) is 12.0. The Hall–Kier alpha value is -3.18. The molecule has 11 heteroatoms. The van der Waals surface area contributed by atoms with Gasteiger partial charge in [0.15, 0.2) is 5.16 Å². The van der Waals surface area contributed by atoms with Crippen LogP contribution in [0.25, 0.3) is 11.4 Å². The number of nitrogens with one attached hydrogen (secondary N) is 1. The van der Waals surface area contributed by atoms with Crippen LogP contribution in [0.5, 0.6) is 0 Å². The molecule has 0 aliphatic heterocycles. The molecule has 2 aromatic carbocycles. The first-order chi connectivity index (χ1) is 15.5. The molecule has 164 valence electrons. The summed E-state index contributed by atoms with van der Waals surface area (Å²) in [5, 5.41) is 24.5. The van der Waals surface area contributed by atoms with Crippen molar-refractivity contribution in [3.63, 3.8) is 0 Å². The number of benzene rings is 2. The second-order valence-electron chi connectivity index (χ2n) is 7.12. The van der Waals surface area contributed by atoms with Crippen molar-refractivity contribution < 1.29 is 4.79 Å². The standard InChI is InChI=1S/C21H22N8OS2/c1-13-8-9-14(2)18(10-13)28-15(3)23-24-20(28)32-12-19(30)22-16-6-5-7-17(11-16)29-21(31-4)25-26-27-29/h5-11H,12H2,1-4H3,(H,22,30). The van der Waals surface area contributed by atoms with E-state index in [0.29, 0.717) is 16.0 Å².